The van der Waals surface area contributed by atoms with Crippen LogP contribution in [0.2, 0.25) is 0 Å². The number of carbonyl (C=O) groups excluding carboxylic acids is 1. The van der Waals surface area contributed by atoms with Crippen LogP contribution in [0.5, 0.6) is 0 Å². The van der Waals surface area contributed by atoms with Crippen molar-refractivity contribution in [2.75, 3.05) is 6.61 Å². The average molecular weight is 269 g/mol. The molecule has 20 heavy (non-hydrogen) atoms. The molecule has 1 aromatic carbocycles. The normalized spacial score (nSPS) is 17.5. The first-order valence-electron chi connectivity index (χ1n) is 7.29. The van der Waals surface area contributed by atoms with E-state index in [9.17, 15) is 4.79 Å². The summed E-state index contributed by atoms with van der Waals surface area (Å²) in [7, 11) is 0. The van der Waals surface area contributed by atoms with Gasteiger partial charge in [-0.25, -0.2) is 0 Å². The summed E-state index contributed by atoms with van der Waals surface area (Å²) >= 11 is 0. The topological polar surface area (TPSA) is 49.3 Å². The number of hydrogen-bond donors (Lipinski definition) is 2. The molecule has 0 bridgehead atoms. The van der Waals surface area contributed by atoms with Crippen molar-refractivity contribution < 1.29 is 9.90 Å². The van der Waals surface area contributed by atoms with Crippen LogP contribution < -0.4 is 5.32 Å². The number of carbonyl (C=O) groups is 1. The highest BCUT2D eigenvalue weighted by Gasteiger charge is 2.42. The van der Waals surface area contributed by atoms with E-state index in [-0.39, 0.29) is 12.5 Å². The lowest BCUT2D eigenvalue weighted by atomic mass is 10.0. The standard InChI is InChI=1S/C17H19NO2/c19-11-3-5-12-4-1-2-6-15(12)17(20)18-16(13-7-8-13)14-9-10-14/h1-2,4,6,13-14,16,19H,7-11H2,(H,18,20). The quantitative estimate of drug-likeness (QED) is 0.821. The number of aliphatic hydroxyl groups is 1. The third-order valence-corrected chi connectivity index (χ3v) is 4.03. The summed E-state index contributed by atoms with van der Waals surface area (Å²) in [4.78, 5) is 12.5. The minimum Gasteiger partial charge on any atom is -0.384 e. The first-order chi connectivity index (χ1) is 9.79. The van der Waals surface area contributed by atoms with Crippen molar-refractivity contribution in [1.82, 2.24) is 5.32 Å². The van der Waals surface area contributed by atoms with Crippen LogP contribution in [0.15, 0.2) is 24.3 Å². The third kappa shape index (κ3) is 3.02. The Morgan fingerprint density at radius 1 is 1.25 bits per heavy atom. The molecular weight excluding hydrogens is 250 g/mol. The molecule has 0 spiro atoms. The first-order valence-corrected chi connectivity index (χ1v) is 7.29. The van der Waals surface area contributed by atoms with Gasteiger partial charge in [0.05, 0.1) is 5.56 Å². The van der Waals surface area contributed by atoms with Crippen LogP contribution in [0.4, 0.5) is 0 Å². The average Bonchev–Trinajstić information content (AvgIpc) is 3.35. The summed E-state index contributed by atoms with van der Waals surface area (Å²) in [5.74, 6) is 6.79. The lowest BCUT2D eigenvalue weighted by Crippen LogP contribution is -2.38. The number of rotatable bonds is 4. The molecule has 0 atom stereocenters. The van der Waals surface area contributed by atoms with E-state index >= 15 is 0 Å². The minimum absolute atomic E-state index is 0.0309. The molecule has 3 rings (SSSR count). The zero-order valence-corrected chi connectivity index (χ0v) is 11.4. The van der Waals surface area contributed by atoms with E-state index < -0.39 is 0 Å². The summed E-state index contributed by atoms with van der Waals surface area (Å²) < 4.78 is 0. The van der Waals surface area contributed by atoms with Crippen LogP contribution >= 0.6 is 0 Å². The van der Waals surface area contributed by atoms with Crippen molar-refractivity contribution in [3.63, 3.8) is 0 Å². The van der Waals surface area contributed by atoms with E-state index in [1.807, 2.05) is 18.2 Å². The Morgan fingerprint density at radius 3 is 2.50 bits per heavy atom. The van der Waals surface area contributed by atoms with Crippen LogP contribution in [0, 0.1) is 23.7 Å². The van der Waals surface area contributed by atoms with E-state index in [4.69, 9.17) is 5.11 Å². The molecule has 0 aliphatic heterocycles. The maximum absolute atomic E-state index is 12.5. The summed E-state index contributed by atoms with van der Waals surface area (Å²) in [6.45, 7) is -0.192. The van der Waals surface area contributed by atoms with Gasteiger partial charge in [-0.15, -0.1) is 0 Å². The van der Waals surface area contributed by atoms with Gasteiger partial charge >= 0.3 is 0 Å². The molecule has 3 nitrogen and oxygen atoms in total. The Morgan fingerprint density at radius 2 is 1.90 bits per heavy atom. The zero-order valence-electron chi connectivity index (χ0n) is 11.4. The van der Waals surface area contributed by atoms with Crippen LogP contribution in [-0.2, 0) is 0 Å². The minimum atomic E-state index is -0.192. The Balaban J connectivity index is 1.76. The molecule has 2 aliphatic rings. The monoisotopic (exact) mass is 269 g/mol. The highest BCUT2D eigenvalue weighted by atomic mass is 16.2. The Labute approximate surface area is 119 Å². The van der Waals surface area contributed by atoms with Gasteiger partial charge in [-0.3, -0.25) is 4.79 Å². The maximum Gasteiger partial charge on any atom is 0.252 e. The second kappa shape index (κ2) is 5.68. The van der Waals surface area contributed by atoms with E-state index in [1.54, 1.807) is 6.07 Å². The van der Waals surface area contributed by atoms with Crippen molar-refractivity contribution in [2.45, 2.75) is 31.7 Å². The molecule has 2 saturated carbocycles. The van der Waals surface area contributed by atoms with Gasteiger partial charge in [0.25, 0.3) is 5.91 Å². The van der Waals surface area contributed by atoms with E-state index in [0.29, 0.717) is 29.0 Å². The molecule has 0 saturated heterocycles. The summed E-state index contributed by atoms with van der Waals surface area (Å²) in [6, 6.07) is 7.68. The van der Waals surface area contributed by atoms with Crippen molar-refractivity contribution >= 4 is 5.91 Å². The first kappa shape index (κ1) is 13.2. The van der Waals surface area contributed by atoms with Gasteiger partial charge in [0.1, 0.15) is 6.61 Å². The summed E-state index contributed by atoms with van der Waals surface area (Å²) in [5.41, 5.74) is 1.30. The van der Waals surface area contributed by atoms with Gasteiger partial charge in [0.2, 0.25) is 0 Å². The van der Waals surface area contributed by atoms with Crippen molar-refractivity contribution in [1.29, 1.82) is 0 Å². The van der Waals surface area contributed by atoms with Gasteiger partial charge in [-0.2, -0.15) is 0 Å². The lowest BCUT2D eigenvalue weighted by molar-refractivity contribution is 0.0926. The third-order valence-electron chi connectivity index (χ3n) is 4.03. The number of benzene rings is 1. The molecular formula is C17H19NO2. The predicted molar refractivity (Wildman–Crippen MR) is 77.1 cm³/mol. The summed E-state index contributed by atoms with van der Waals surface area (Å²) in [5, 5.41) is 12.0. The van der Waals surface area contributed by atoms with E-state index in [2.05, 4.69) is 17.2 Å². The fourth-order valence-corrected chi connectivity index (χ4v) is 2.69. The maximum atomic E-state index is 12.5. The SMILES string of the molecule is O=C(NC(C1CC1)C1CC1)c1ccccc1C#CCO. The zero-order chi connectivity index (χ0) is 13.9. The number of amides is 1. The van der Waals surface area contributed by atoms with Gasteiger partial charge in [-0.1, -0.05) is 24.0 Å². The van der Waals surface area contributed by atoms with E-state index in [0.717, 1.165) is 0 Å². The van der Waals surface area contributed by atoms with Crippen LogP contribution in [0.1, 0.15) is 41.6 Å². The number of nitrogens with one attached hydrogen (secondary N) is 1. The lowest BCUT2D eigenvalue weighted by Gasteiger charge is -2.18. The molecule has 2 aliphatic carbocycles. The highest BCUT2D eigenvalue weighted by Crippen LogP contribution is 2.44. The van der Waals surface area contributed by atoms with Gasteiger partial charge in [0, 0.05) is 11.6 Å². The van der Waals surface area contributed by atoms with Crippen molar-refractivity contribution in [3.05, 3.63) is 35.4 Å². The fraction of sp³-hybridized carbons (Fsp3) is 0.471. The molecule has 0 radical (unpaired) electrons. The smallest absolute Gasteiger partial charge is 0.252 e. The highest BCUT2D eigenvalue weighted by molar-refractivity contribution is 5.97. The Bertz CT molecular complexity index is 550. The number of aliphatic hydroxyl groups excluding tert-OH is 1. The van der Waals surface area contributed by atoms with Gasteiger partial charge in [0.15, 0.2) is 0 Å². The Hall–Kier alpha value is -1.79. The predicted octanol–water partition coefficient (Wildman–Crippen LogP) is 1.95. The fourth-order valence-electron chi connectivity index (χ4n) is 2.69. The van der Waals surface area contributed by atoms with Gasteiger partial charge in [-0.05, 0) is 49.7 Å². The van der Waals surface area contributed by atoms with Crippen molar-refractivity contribution in [3.8, 4) is 11.8 Å². The molecule has 0 aromatic heterocycles. The second-order valence-corrected chi connectivity index (χ2v) is 5.68. The van der Waals surface area contributed by atoms with Crippen LogP contribution in [0.3, 0.4) is 0 Å². The molecule has 0 heterocycles. The molecule has 2 N–H and O–H groups in total. The van der Waals surface area contributed by atoms with Crippen LogP contribution in [-0.4, -0.2) is 23.7 Å². The molecule has 104 valence electrons. The molecule has 0 unspecified atom stereocenters. The number of hydrogen-bond acceptors (Lipinski definition) is 2. The largest absolute Gasteiger partial charge is 0.384 e. The molecule has 1 amide bonds. The molecule has 1 aromatic rings. The summed E-state index contributed by atoms with van der Waals surface area (Å²) in [6.07, 6.45) is 4.97. The van der Waals surface area contributed by atoms with Crippen LogP contribution in [0.25, 0.3) is 0 Å². The van der Waals surface area contributed by atoms with Crippen molar-refractivity contribution in [2.24, 2.45) is 11.8 Å². The Kier molecular flexibility index (Phi) is 3.75. The van der Waals surface area contributed by atoms with E-state index in [1.165, 1.54) is 25.7 Å². The second-order valence-electron chi connectivity index (χ2n) is 5.68. The molecule has 2 fully saturated rings. The molecule has 3 heteroatoms. The van der Waals surface area contributed by atoms with Gasteiger partial charge < -0.3 is 10.4 Å².